The Morgan fingerprint density at radius 1 is 0.971 bits per heavy atom. The predicted molar refractivity (Wildman–Crippen MR) is 132 cm³/mol. The lowest BCUT2D eigenvalue weighted by molar-refractivity contribution is -0.136. The average Bonchev–Trinajstić information content (AvgIpc) is 3.22. The average molecular weight is 499 g/mol. The van der Waals surface area contributed by atoms with Crippen LogP contribution in [0.15, 0.2) is 65.4 Å². The molecule has 174 valence electrons. The normalized spacial score (nSPS) is 15.0. The van der Waals surface area contributed by atoms with E-state index in [1.807, 2.05) is 24.5 Å². The third kappa shape index (κ3) is 4.04. The number of ether oxygens (including phenoxy) is 1. The van der Waals surface area contributed by atoms with Crippen molar-refractivity contribution >= 4 is 46.8 Å². The van der Waals surface area contributed by atoms with Gasteiger partial charge in [0.1, 0.15) is 5.82 Å². The number of esters is 1. The van der Waals surface area contributed by atoms with Gasteiger partial charge in [-0.05, 0) is 80.9 Å². The molecule has 0 bridgehead atoms. The fourth-order valence-corrected chi connectivity index (χ4v) is 4.48. The van der Waals surface area contributed by atoms with E-state index in [-0.39, 0.29) is 22.9 Å². The second-order valence-electron chi connectivity index (χ2n) is 7.89. The molecule has 0 atom stereocenters. The molecule has 34 heavy (non-hydrogen) atoms. The van der Waals surface area contributed by atoms with Crippen LogP contribution in [0.3, 0.4) is 0 Å². The molecule has 1 aliphatic rings. The van der Waals surface area contributed by atoms with Crippen LogP contribution in [0.5, 0.6) is 0 Å². The molecule has 1 aliphatic heterocycles. The number of allylic oxidation sites excluding steroid dienone is 1. The van der Waals surface area contributed by atoms with Crippen LogP contribution in [0.2, 0.25) is 10.0 Å². The summed E-state index contributed by atoms with van der Waals surface area (Å²) in [7, 11) is 1.27. The van der Waals surface area contributed by atoms with Gasteiger partial charge in [0, 0.05) is 22.8 Å². The molecule has 0 spiro atoms. The van der Waals surface area contributed by atoms with E-state index in [9.17, 15) is 14.0 Å². The standard InChI is InChI=1S/C26H21Cl2FN2O3/c1-14-11-17(15(2)30(14)19-7-5-18(29)6-8-19)12-21-24(26(33)34-4)16(3)31(25(21)32)20-9-10-22(27)23(28)13-20/h5-13H,1-4H3/b21-12-. The summed E-state index contributed by atoms with van der Waals surface area (Å²) in [5.41, 5.74) is 4.54. The van der Waals surface area contributed by atoms with E-state index in [1.54, 1.807) is 43.3 Å². The molecule has 0 radical (unpaired) electrons. The first-order chi connectivity index (χ1) is 16.1. The summed E-state index contributed by atoms with van der Waals surface area (Å²) >= 11 is 12.2. The van der Waals surface area contributed by atoms with E-state index in [2.05, 4.69) is 0 Å². The number of aromatic nitrogens is 1. The first kappa shape index (κ1) is 23.8. The molecule has 0 fully saturated rings. The van der Waals surface area contributed by atoms with Gasteiger partial charge in [-0.1, -0.05) is 23.2 Å². The highest BCUT2D eigenvalue weighted by molar-refractivity contribution is 6.42. The Hall–Kier alpha value is -3.35. The molecule has 5 nitrogen and oxygen atoms in total. The molecule has 0 unspecified atom stereocenters. The van der Waals surface area contributed by atoms with E-state index < -0.39 is 5.97 Å². The Morgan fingerprint density at radius 3 is 2.24 bits per heavy atom. The van der Waals surface area contributed by atoms with Crippen molar-refractivity contribution < 1.29 is 18.7 Å². The maximum absolute atomic E-state index is 13.5. The number of amides is 1. The smallest absolute Gasteiger partial charge is 0.340 e. The third-order valence-corrected chi connectivity index (χ3v) is 6.54. The molecular weight excluding hydrogens is 478 g/mol. The monoisotopic (exact) mass is 498 g/mol. The van der Waals surface area contributed by atoms with E-state index in [4.69, 9.17) is 27.9 Å². The summed E-state index contributed by atoms with van der Waals surface area (Å²) in [6, 6.07) is 12.9. The minimum absolute atomic E-state index is 0.171. The van der Waals surface area contributed by atoms with Crippen LogP contribution in [-0.2, 0) is 14.3 Å². The maximum atomic E-state index is 13.5. The molecule has 8 heteroatoms. The molecule has 0 saturated carbocycles. The molecule has 2 heterocycles. The summed E-state index contributed by atoms with van der Waals surface area (Å²) in [5, 5.41) is 0.649. The zero-order valence-electron chi connectivity index (χ0n) is 18.9. The van der Waals surface area contributed by atoms with Gasteiger partial charge in [-0.2, -0.15) is 0 Å². The van der Waals surface area contributed by atoms with Crippen molar-refractivity contribution in [1.82, 2.24) is 4.57 Å². The number of rotatable bonds is 4. The van der Waals surface area contributed by atoms with Crippen molar-refractivity contribution in [2.75, 3.05) is 12.0 Å². The van der Waals surface area contributed by atoms with Gasteiger partial charge in [0.05, 0.1) is 34.0 Å². The predicted octanol–water partition coefficient (Wildman–Crippen LogP) is 6.42. The second kappa shape index (κ2) is 9.12. The van der Waals surface area contributed by atoms with Gasteiger partial charge in [-0.15, -0.1) is 0 Å². The number of hydrogen-bond acceptors (Lipinski definition) is 3. The van der Waals surface area contributed by atoms with Crippen molar-refractivity contribution in [2.24, 2.45) is 0 Å². The molecule has 0 aliphatic carbocycles. The fraction of sp³-hybridized carbons (Fsp3) is 0.154. The highest BCUT2D eigenvalue weighted by atomic mass is 35.5. The Morgan fingerprint density at radius 2 is 1.62 bits per heavy atom. The van der Waals surface area contributed by atoms with Crippen molar-refractivity contribution in [1.29, 1.82) is 0 Å². The molecule has 4 rings (SSSR count). The summed E-state index contributed by atoms with van der Waals surface area (Å²) in [5.74, 6) is -1.33. The lowest BCUT2D eigenvalue weighted by atomic mass is 10.0. The van der Waals surface area contributed by atoms with Crippen LogP contribution in [0.25, 0.3) is 11.8 Å². The quantitative estimate of drug-likeness (QED) is 0.308. The SMILES string of the molecule is COC(=O)C1=C(C)N(c2ccc(Cl)c(Cl)c2)C(=O)/C1=C\c1cc(C)n(-c2ccc(F)cc2)c1C. The van der Waals surface area contributed by atoms with E-state index in [0.717, 1.165) is 22.6 Å². The van der Waals surface area contributed by atoms with E-state index in [0.29, 0.717) is 21.4 Å². The van der Waals surface area contributed by atoms with Crippen molar-refractivity contribution in [3.63, 3.8) is 0 Å². The van der Waals surface area contributed by atoms with Gasteiger partial charge in [0.25, 0.3) is 5.91 Å². The summed E-state index contributed by atoms with van der Waals surface area (Å²) in [6.45, 7) is 5.49. The molecule has 0 N–H and O–H groups in total. The van der Waals surface area contributed by atoms with Gasteiger partial charge >= 0.3 is 5.97 Å². The minimum Gasteiger partial charge on any atom is -0.465 e. The number of carbonyl (C=O) groups excluding carboxylic acids is 2. The highest BCUT2D eigenvalue weighted by Crippen LogP contribution is 2.38. The Bertz CT molecular complexity index is 1390. The largest absolute Gasteiger partial charge is 0.465 e. The van der Waals surface area contributed by atoms with Crippen LogP contribution in [0.4, 0.5) is 10.1 Å². The number of nitrogens with zero attached hydrogens (tertiary/aromatic N) is 2. The van der Waals surface area contributed by atoms with E-state index in [1.165, 1.54) is 24.1 Å². The zero-order valence-corrected chi connectivity index (χ0v) is 20.5. The lowest BCUT2D eigenvalue weighted by Crippen LogP contribution is -2.24. The first-order valence-corrected chi connectivity index (χ1v) is 11.1. The number of halogens is 3. The first-order valence-electron chi connectivity index (χ1n) is 10.4. The summed E-state index contributed by atoms with van der Waals surface area (Å²) < 4.78 is 20.3. The second-order valence-corrected chi connectivity index (χ2v) is 8.70. The zero-order chi connectivity index (χ0) is 24.7. The van der Waals surface area contributed by atoms with Crippen LogP contribution in [0, 0.1) is 19.7 Å². The number of methoxy groups -OCH3 is 1. The van der Waals surface area contributed by atoms with Gasteiger partial charge in [0.15, 0.2) is 0 Å². The molecule has 1 aromatic heterocycles. The van der Waals surface area contributed by atoms with Gasteiger partial charge in [-0.3, -0.25) is 9.69 Å². The third-order valence-electron chi connectivity index (χ3n) is 5.81. The molecule has 1 amide bonds. The molecular formula is C26H21Cl2FN2O3. The van der Waals surface area contributed by atoms with Gasteiger partial charge in [0.2, 0.25) is 0 Å². The van der Waals surface area contributed by atoms with Gasteiger partial charge in [-0.25, -0.2) is 9.18 Å². The van der Waals surface area contributed by atoms with Crippen LogP contribution in [-0.4, -0.2) is 23.6 Å². The Kier molecular flexibility index (Phi) is 6.39. The summed E-state index contributed by atoms with van der Waals surface area (Å²) in [4.78, 5) is 27.6. The Balaban J connectivity index is 1.85. The van der Waals surface area contributed by atoms with Crippen molar-refractivity contribution in [3.05, 3.63) is 98.2 Å². The molecule has 3 aromatic rings. The van der Waals surface area contributed by atoms with Crippen LogP contribution >= 0.6 is 23.2 Å². The van der Waals surface area contributed by atoms with Crippen molar-refractivity contribution in [2.45, 2.75) is 20.8 Å². The fourth-order valence-electron chi connectivity index (χ4n) is 4.19. The van der Waals surface area contributed by atoms with Crippen LogP contribution < -0.4 is 4.90 Å². The number of carbonyl (C=O) groups is 2. The Labute approximate surface area is 206 Å². The molecule has 2 aromatic carbocycles. The van der Waals surface area contributed by atoms with E-state index >= 15 is 0 Å². The minimum atomic E-state index is -0.619. The van der Waals surface area contributed by atoms with Gasteiger partial charge < -0.3 is 9.30 Å². The number of aryl methyl sites for hydroxylation is 1. The molecule has 0 saturated heterocycles. The summed E-state index contributed by atoms with van der Waals surface area (Å²) in [6.07, 6.45) is 1.68. The topological polar surface area (TPSA) is 51.5 Å². The number of anilines is 1. The number of benzene rings is 2. The maximum Gasteiger partial charge on any atom is 0.340 e. The lowest BCUT2D eigenvalue weighted by Gasteiger charge is -2.18. The van der Waals surface area contributed by atoms with Crippen molar-refractivity contribution in [3.8, 4) is 5.69 Å². The highest BCUT2D eigenvalue weighted by Gasteiger charge is 2.38. The number of hydrogen-bond donors (Lipinski definition) is 0. The van der Waals surface area contributed by atoms with Crippen LogP contribution in [0.1, 0.15) is 23.9 Å².